The van der Waals surface area contributed by atoms with E-state index in [9.17, 15) is 10.1 Å². The van der Waals surface area contributed by atoms with Crippen LogP contribution in [0, 0.1) is 10.1 Å². The summed E-state index contributed by atoms with van der Waals surface area (Å²) in [5, 5.41) is 13.6. The SMILES string of the molecule is CC(CNC1CCCCC1)[N+](=O)[O-]. The average Bonchev–Trinajstić information content (AvgIpc) is 2.15. The summed E-state index contributed by atoms with van der Waals surface area (Å²) >= 11 is 0. The first-order chi connectivity index (χ1) is 6.20. The van der Waals surface area contributed by atoms with Gasteiger partial charge < -0.3 is 5.32 Å². The van der Waals surface area contributed by atoms with Crippen LogP contribution in [0.1, 0.15) is 39.0 Å². The fourth-order valence-corrected chi connectivity index (χ4v) is 1.72. The number of nitrogens with one attached hydrogen (secondary N) is 1. The van der Waals surface area contributed by atoms with Crippen LogP contribution in [-0.2, 0) is 0 Å². The van der Waals surface area contributed by atoms with Gasteiger partial charge >= 0.3 is 0 Å². The molecule has 0 aromatic heterocycles. The Morgan fingerprint density at radius 3 is 2.62 bits per heavy atom. The zero-order chi connectivity index (χ0) is 9.68. The van der Waals surface area contributed by atoms with Gasteiger partial charge in [0.2, 0.25) is 6.04 Å². The van der Waals surface area contributed by atoms with Crippen molar-refractivity contribution in [3.05, 3.63) is 10.1 Å². The second kappa shape index (κ2) is 5.17. The third kappa shape index (κ3) is 3.72. The van der Waals surface area contributed by atoms with Gasteiger partial charge in [0.1, 0.15) is 0 Å². The molecule has 1 saturated carbocycles. The minimum Gasteiger partial charge on any atom is -0.308 e. The van der Waals surface area contributed by atoms with E-state index < -0.39 is 6.04 Å². The van der Waals surface area contributed by atoms with Crippen LogP contribution in [0.4, 0.5) is 0 Å². The van der Waals surface area contributed by atoms with Gasteiger partial charge in [-0.2, -0.15) is 0 Å². The van der Waals surface area contributed by atoms with E-state index in [2.05, 4.69) is 5.32 Å². The molecular weight excluding hydrogens is 168 g/mol. The van der Waals surface area contributed by atoms with Crippen LogP contribution in [0.3, 0.4) is 0 Å². The summed E-state index contributed by atoms with van der Waals surface area (Å²) in [4.78, 5) is 10.1. The van der Waals surface area contributed by atoms with Gasteiger partial charge in [-0.05, 0) is 12.8 Å². The lowest BCUT2D eigenvalue weighted by atomic mass is 9.95. The second-order valence-electron chi connectivity index (χ2n) is 3.88. The number of rotatable bonds is 4. The van der Waals surface area contributed by atoms with Crippen LogP contribution in [0.15, 0.2) is 0 Å². The standard InChI is InChI=1S/C9H18N2O2/c1-8(11(12)13)7-10-9-5-3-2-4-6-9/h8-10H,2-7H2,1H3. The van der Waals surface area contributed by atoms with Crippen molar-refractivity contribution in [1.82, 2.24) is 5.32 Å². The molecule has 1 N–H and O–H groups in total. The van der Waals surface area contributed by atoms with Crippen molar-refractivity contribution in [2.45, 2.75) is 51.1 Å². The quantitative estimate of drug-likeness (QED) is 0.535. The minimum absolute atomic E-state index is 0.226. The Labute approximate surface area is 78.9 Å². The van der Waals surface area contributed by atoms with Gasteiger partial charge in [-0.25, -0.2) is 0 Å². The Hall–Kier alpha value is -0.640. The van der Waals surface area contributed by atoms with E-state index in [1.165, 1.54) is 32.1 Å². The maximum absolute atomic E-state index is 10.3. The van der Waals surface area contributed by atoms with Gasteiger partial charge in [-0.15, -0.1) is 0 Å². The zero-order valence-corrected chi connectivity index (χ0v) is 8.16. The van der Waals surface area contributed by atoms with Crippen LogP contribution in [-0.4, -0.2) is 23.6 Å². The number of hydrogen-bond acceptors (Lipinski definition) is 3. The summed E-state index contributed by atoms with van der Waals surface area (Å²) in [6, 6.07) is 0.0677. The molecule has 76 valence electrons. The molecule has 0 amide bonds. The summed E-state index contributed by atoms with van der Waals surface area (Å²) in [5.41, 5.74) is 0. The van der Waals surface area contributed by atoms with Gasteiger partial charge in [0.05, 0.1) is 6.54 Å². The molecule has 4 heteroatoms. The summed E-state index contributed by atoms with van der Waals surface area (Å²) in [6.45, 7) is 2.16. The lowest BCUT2D eigenvalue weighted by molar-refractivity contribution is -0.516. The number of hydrogen-bond donors (Lipinski definition) is 1. The van der Waals surface area contributed by atoms with Crippen LogP contribution >= 0.6 is 0 Å². The predicted octanol–water partition coefficient (Wildman–Crippen LogP) is 1.57. The molecule has 0 aliphatic heterocycles. The van der Waals surface area contributed by atoms with Crippen molar-refractivity contribution in [3.63, 3.8) is 0 Å². The molecule has 13 heavy (non-hydrogen) atoms. The Balaban J connectivity index is 2.13. The third-order valence-corrected chi connectivity index (χ3v) is 2.67. The Morgan fingerprint density at radius 1 is 1.46 bits per heavy atom. The Kier molecular flexibility index (Phi) is 4.15. The molecule has 1 unspecified atom stereocenters. The molecule has 0 bridgehead atoms. The third-order valence-electron chi connectivity index (χ3n) is 2.67. The molecule has 0 saturated heterocycles. The molecule has 1 aliphatic rings. The van der Waals surface area contributed by atoms with Crippen molar-refractivity contribution in [2.24, 2.45) is 0 Å². The van der Waals surface area contributed by atoms with Gasteiger partial charge in [0.25, 0.3) is 0 Å². The highest BCUT2D eigenvalue weighted by Crippen LogP contribution is 2.17. The molecule has 1 aliphatic carbocycles. The zero-order valence-electron chi connectivity index (χ0n) is 8.16. The van der Waals surface area contributed by atoms with Crippen molar-refractivity contribution >= 4 is 0 Å². The first kappa shape index (κ1) is 10.4. The lowest BCUT2D eigenvalue weighted by Crippen LogP contribution is -2.38. The summed E-state index contributed by atoms with van der Waals surface area (Å²) < 4.78 is 0. The van der Waals surface area contributed by atoms with E-state index in [4.69, 9.17) is 0 Å². The predicted molar refractivity (Wildman–Crippen MR) is 51.3 cm³/mol. The van der Waals surface area contributed by atoms with Crippen LogP contribution < -0.4 is 5.32 Å². The largest absolute Gasteiger partial charge is 0.308 e. The van der Waals surface area contributed by atoms with Gasteiger partial charge in [-0.1, -0.05) is 19.3 Å². The van der Waals surface area contributed by atoms with Gasteiger partial charge in [0, 0.05) is 17.9 Å². The lowest BCUT2D eigenvalue weighted by Gasteiger charge is -2.22. The van der Waals surface area contributed by atoms with E-state index in [1.54, 1.807) is 6.92 Å². The fourth-order valence-electron chi connectivity index (χ4n) is 1.72. The number of nitrogens with zero attached hydrogens (tertiary/aromatic N) is 1. The normalized spacial score (nSPS) is 21.3. The monoisotopic (exact) mass is 186 g/mol. The molecule has 4 nitrogen and oxygen atoms in total. The highest BCUT2D eigenvalue weighted by molar-refractivity contribution is 4.72. The van der Waals surface area contributed by atoms with Gasteiger partial charge in [0.15, 0.2) is 0 Å². The number of nitro groups is 1. The van der Waals surface area contributed by atoms with E-state index >= 15 is 0 Å². The average molecular weight is 186 g/mol. The first-order valence-corrected chi connectivity index (χ1v) is 5.07. The van der Waals surface area contributed by atoms with Crippen LogP contribution in [0.2, 0.25) is 0 Å². The van der Waals surface area contributed by atoms with Crippen molar-refractivity contribution in [2.75, 3.05) is 6.54 Å². The van der Waals surface area contributed by atoms with E-state index in [1.807, 2.05) is 0 Å². The highest BCUT2D eigenvalue weighted by Gasteiger charge is 2.17. The van der Waals surface area contributed by atoms with Crippen molar-refractivity contribution < 1.29 is 4.92 Å². The van der Waals surface area contributed by atoms with E-state index in [0.717, 1.165) is 0 Å². The topological polar surface area (TPSA) is 55.2 Å². The summed E-state index contributed by atoms with van der Waals surface area (Å²) in [6.07, 6.45) is 6.23. The van der Waals surface area contributed by atoms with Gasteiger partial charge in [-0.3, -0.25) is 10.1 Å². The van der Waals surface area contributed by atoms with Crippen LogP contribution in [0.5, 0.6) is 0 Å². The molecule has 0 aromatic rings. The smallest absolute Gasteiger partial charge is 0.222 e. The Bertz CT molecular complexity index is 167. The molecule has 0 spiro atoms. The van der Waals surface area contributed by atoms with Crippen molar-refractivity contribution in [3.8, 4) is 0 Å². The maximum Gasteiger partial charge on any atom is 0.222 e. The molecule has 1 rings (SSSR count). The highest BCUT2D eigenvalue weighted by atomic mass is 16.6. The molecule has 1 fully saturated rings. The second-order valence-corrected chi connectivity index (χ2v) is 3.88. The molecule has 1 atom stereocenters. The molecule has 0 radical (unpaired) electrons. The minimum atomic E-state index is -0.457. The van der Waals surface area contributed by atoms with E-state index in [0.29, 0.717) is 12.6 Å². The fraction of sp³-hybridized carbons (Fsp3) is 1.00. The van der Waals surface area contributed by atoms with Crippen LogP contribution in [0.25, 0.3) is 0 Å². The van der Waals surface area contributed by atoms with Crippen molar-refractivity contribution in [1.29, 1.82) is 0 Å². The molecule has 0 aromatic carbocycles. The summed E-state index contributed by atoms with van der Waals surface area (Å²) in [5.74, 6) is 0. The summed E-state index contributed by atoms with van der Waals surface area (Å²) in [7, 11) is 0. The molecule has 0 heterocycles. The van der Waals surface area contributed by atoms with E-state index in [-0.39, 0.29) is 4.92 Å². The molecular formula is C9H18N2O2. The maximum atomic E-state index is 10.3. The Morgan fingerprint density at radius 2 is 2.08 bits per heavy atom. The first-order valence-electron chi connectivity index (χ1n) is 5.07.